The number of hydrogen-bond donors (Lipinski definition) is 1. The summed E-state index contributed by atoms with van der Waals surface area (Å²) in [5.41, 5.74) is 2.97. The number of aromatic nitrogens is 3. The van der Waals surface area contributed by atoms with Gasteiger partial charge in [-0.05, 0) is 49.2 Å². The molecule has 6 nitrogen and oxygen atoms in total. The first-order valence-electron chi connectivity index (χ1n) is 9.29. The molecule has 2 aliphatic rings. The Morgan fingerprint density at radius 1 is 0.923 bits per heavy atom. The highest BCUT2D eigenvalue weighted by molar-refractivity contribution is 5.74. The summed E-state index contributed by atoms with van der Waals surface area (Å²) in [5.74, 6) is 0.571. The van der Waals surface area contributed by atoms with E-state index < -0.39 is 0 Å². The predicted molar refractivity (Wildman–Crippen MR) is 104 cm³/mol. The molecule has 2 fully saturated rings. The predicted octanol–water partition coefficient (Wildman–Crippen LogP) is 3.05. The minimum Gasteiger partial charge on any atom is -0.369 e. The van der Waals surface area contributed by atoms with Gasteiger partial charge in [0.15, 0.2) is 5.65 Å². The second kappa shape index (κ2) is 6.53. The maximum absolute atomic E-state index is 4.46. The molecule has 1 aliphatic carbocycles. The van der Waals surface area contributed by atoms with Crippen molar-refractivity contribution in [3.63, 3.8) is 0 Å². The first-order valence-corrected chi connectivity index (χ1v) is 9.29. The Labute approximate surface area is 152 Å². The highest BCUT2D eigenvalue weighted by Gasteiger charge is 2.31. The van der Waals surface area contributed by atoms with Crippen LogP contribution in [0.3, 0.4) is 0 Å². The summed E-state index contributed by atoms with van der Waals surface area (Å²) in [6.07, 6.45) is 6.34. The Hall–Kier alpha value is -2.73. The van der Waals surface area contributed by atoms with E-state index in [0.717, 1.165) is 30.2 Å². The lowest BCUT2D eigenvalue weighted by Gasteiger charge is -2.36. The van der Waals surface area contributed by atoms with E-state index in [0.29, 0.717) is 11.6 Å². The van der Waals surface area contributed by atoms with Gasteiger partial charge in [0.2, 0.25) is 5.95 Å². The first-order chi connectivity index (χ1) is 12.8. The largest absolute Gasteiger partial charge is 0.369 e. The molecule has 132 valence electrons. The number of hydrogen-bond acceptors (Lipinski definition) is 6. The monoisotopic (exact) mass is 346 g/mol. The highest BCUT2D eigenvalue weighted by atomic mass is 15.3. The summed E-state index contributed by atoms with van der Waals surface area (Å²) >= 11 is 0. The SMILES string of the molecule is c1cnc2nc(Nc3ccc(N4CCN(C5CC5)CC4)cc3)ncc2c1. The van der Waals surface area contributed by atoms with E-state index in [2.05, 4.69) is 54.3 Å². The van der Waals surface area contributed by atoms with Crippen molar-refractivity contribution in [1.82, 2.24) is 19.9 Å². The van der Waals surface area contributed by atoms with Crippen LogP contribution in [0.4, 0.5) is 17.3 Å². The van der Waals surface area contributed by atoms with Gasteiger partial charge in [0, 0.05) is 61.4 Å². The number of rotatable bonds is 4. The van der Waals surface area contributed by atoms with Crippen molar-refractivity contribution in [2.45, 2.75) is 18.9 Å². The van der Waals surface area contributed by atoms with E-state index in [-0.39, 0.29) is 0 Å². The molecule has 6 heteroatoms. The third kappa shape index (κ3) is 3.20. The van der Waals surface area contributed by atoms with E-state index in [9.17, 15) is 0 Å². The summed E-state index contributed by atoms with van der Waals surface area (Å²) in [5, 5.41) is 4.21. The van der Waals surface area contributed by atoms with Crippen molar-refractivity contribution < 1.29 is 0 Å². The van der Waals surface area contributed by atoms with Crippen LogP contribution in [0.5, 0.6) is 0 Å². The van der Waals surface area contributed by atoms with E-state index in [1.807, 2.05) is 12.1 Å². The van der Waals surface area contributed by atoms with E-state index >= 15 is 0 Å². The van der Waals surface area contributed by atoms with Crippen molar-refractivity contribution in [3.8, 4) is 0 Å². The first kappa shape index (κ1) is 15.5. The zero-order chi connectivity index (χ0) is 17.3. The number of pyridine rings is 1. The average molecular weight is 346 g/mol. The number of nitrogens with zero attached hydrogens (tertiary/aromatic N) is 5. The summed E-state index contributed by atoms with van der Waals surface area (Å²) in [4.78, 5) is 18.2. The number of fused-ring (bicyclic) bond motifs is 1. The highest BCUT2D eigenvalue weighted by Crippen LogP contribution is 2.29. The Kier molecular flexibility index (Phi) is 3.90. The normalized spacial score (nSPS) is 18.2. The van der Waals surface area contributed by atoms with E-state index in [1.165, 1.54) is 31.6 Å². The molecule has 0 amide bonds. The molecule has 0 unspecified atom stereocenters. The van der Waals surface area contributed by atoms with Crippen LogP contribution in [-0.2, 0) is 0 Å². The van der Waals surface area contributed by atoms with Gasteiger partial charge >= 0.3 is 0 Å². The van der Waals surface area contributed by atoms with Crippen molar-refractivity contribution in [2.24, 2.45) is 0 Å². The molecule has 1 aromatic carbocycles. The van der Waals surface area contributed by atoms with Gasteiger partial charge < -0.3 is 10.2 Å². The average Bonchev–Trinajstić information content (AvgIpc) is 3.54. The van der Waals surface area contributed by atoms with E-state index in [4.69, 9.17) is 0 Å². The maximum Gasteiger partial charge on any atom is 0.229 e. The maximum atomic E-state index is 4.46. The number of nitrogens with one attached hydrogen (secondary N) is 1. The molecule has 26 heavy (non-hydrogen) atoms. The Morgan fingerprint density at radius 2 is 1.73 bits per heavy atom. The molecule has 5 rings (SSSR count). The second-order valence-electron chi connectivity index (χ2n) is 7.04. The van der Waals surface area contributed by atoms with Crippen LogP contribution >= 0.6 is 0 Å². The lowest BCUT2D eigenvalue weighted by atomic mass is 10.2. The summed E-state index contributed by atoms with van der Waals surface area (Å²) in [6.45, 7) is 4.59. The molecule has 0 bridgehead atoms. The molecule has 3 aromatic rings. The Morgan fingerprint density at radius 3 is 2.50 bits per heavy atom. The minimum absolute atomic E-state index is 0.571. The lowest BCUT2D eigenvalue weighted by molar-refractivity contribution is 0.248. The molecule has 0 atom stereocenters. The van der Waals surface area contributed by atoms with Gasteiger partial charge in [0.1, 0.15) is 0 Å². The fourth-order valence-corrected chi connectivity index (χ4v) is 3.59. The van der Waals surface area contributed by atoms with Gasteiger partial charge in [-0.15, -0.1) is 0 Å². The summed E-state index contributed by atoms with van der Waals surface area (Å²) in [7, 11) is 0. The smallest absolute Gasteiger partial charge is 0.229 e. The van der Waals surface area contributed by atoms with Gasteiger partial charge in [0.05, 0.1) is 0 Å². The van der Waals surface area contributed by atoms with Crippen molar-refractivity contribution in [1.29, 1.82) is 0 Å². The molecule has 1 aliphatic heterocycles. The van der Waals surface area contributed by atoms with Gasteiger partial charge in [-0.1, -0.05) is 0 Å². The fraction of sp³-hybridized carbons (Fsp3) is 0.350. The van der Waals surface area contributed by atoms with Gasteiger partial charge in [0.25, 0.3) is 0 Å². The van der Waals surface area contributed by atoms with Crippen LogP contribution in [0.25, 0.3) is 11.0 Å². The molecule has 1 N–H and O–H groups in total. The summed E-state index contributed by atoms with van der Waals surface area (Å²) < 4.78 is 0. The van der Waals surface area contributed by atoms with Crippen molar-refractivity contribution in [3.05, 3.63) is 48.8 Å². The van der Waals surface area contributed by atoms with Crippen LogP contribution in [0.15, 0.2) is 48.8 Å². The molecule has 1 saturated carbocycles. The number of anilines is 3. The van der Waals surface area contributed by atoms with Crippen LogP contribution in [0, 0.1) is 0 Å². The van der Waals surface area contributed by atoms with Crippen LogP contribution in [0.2, 0.25) is 0 Å². The van der Waals surface area contributed by atoms with Crippen molar-refractivity contribution in [2.75, 3.05) is 36.4 Å². The van der Waals surface area contributed by atoms with Gasteiger partial charge in [-0.2, -0.15) is 4.98 Å². The molecule has 0 radical (unpaired) electrons. The third-order valence-electron chi connectivity index (χ3n) is 5.22. The molecular formula is C20H22N6. The van der Waals surface area contributed by atoms with Crippen molar-refractivity contribution >= 4 is 28.4 Å². The van der Waals surface area contributed by atoms with E-state index in [1.54, 1.807) is 12.4 Å². The van der Waals surface area contributed by atoms with Crippen LogP contribution in [-0.4, -0.2) is 52.1 Å². The number of benzene rings is 1. The molecule has 3 heterocycles. The lowest BCUT2D eigenvalue weighted by Crippen LogP contribution is -2.47. The van der Waals surface area contributed by atoms with Crippen LogP contribution in [0.1, 0.15) is 12.8 Å². The molecular weight excluding hydrogens is 324 g/mol. The standard InChI is InChI=1S/C20H22N6/c1-2-15-14-22-20(24-19(15)21-9-1)23-16-3-5-17(6-4-16)25-10-12-26(13-11-25)18-7-8-18/h1-6,9,14,18H,7-8,10-13H2,(H,21,22,23,24). The minimum atomic E-state index is 0.571. The van der Waals surface area contributed by atoms with Crippen LogP contribution < -0.4 is 10.2 Å². The third-order valence-corrected chi connectivity index (χ3v) is 5.22. The summed E-state index contributed by atoms with van der Waals surface area (Å²) in [6, 6.07) is 13.3. The Balaban J connectivity index is 1.25. The topological polar surface area (TPSA) is 57.2 Å². The zero-order valence-corrected chi connectivity index (χ0v) is 14.7. The molecule has 2 aromatic heterocycles. The number of piperazine rings is 1. The second-order valence-corrected chi connectivity index (χ2v) is 7.04. The Bertz CT molecular complexity index is 898. The fourth-order valence-electron chi connectivity index (χ4n) is 3.59. The van der Waals surface area contributed by atoms with Gasteiger partial charge in [-0.25, -0.2) is 9.97 Å². The van der Waals surface area contributed by atoms with Gasteiger partial charge in [-0.3, -0.25) is 4.90 Å². The molecule has 0 spiro atoms. The zero-order valence-electron chi connectivity index (χ0n) is 14.7. The quantitative estimate of drug-likeness (QED) is 0.784. The molecule has 1 saturated heterocycles.